The van der Waals surface area contributed by atoms with Crippen molar-refractivity contribution in [2.75, 3.05) is 25.1 Å². The van der Waals surface area contributed by atoms with Crippen molar-refractivity contribution >= 4 is 17.0 Å². The second kappa shape index (κ2) is 10.1. The standard InChI is InChI=1S/C18H29N5O5/c24-8-6-4-2-1-3-5-7-19-16-13-17(21-10-20-16)23(11-22-13)18-15(27)14(26)12(9-25)28-18/h10-12,14-15,18,24-27H,1-9H2,(H,19,20,21). The molecular formula is C18H29N5O5. The third-order valence-corrected chi connectivity index (χ3v) is 5.03. The summed E-state index contributed by atoms with van der Waals surface area (Å²) in [5, 5.41) is 41.5. The number of aliphatic hydroxyl groups is 4. The van der Waals surface area contributed by atoms with E-state index in [4.69, 9.17) is 9.84 Å². The predicted octanol–water partition coefficient (Wildman–Crippen LogP) is 0.183. The Kier molecular flexibility index (Phi) is 7.51. The number of ether oxygens (including phenoxy) is 1. The molecule has 1 fully saturated rings. The van der Waals surface area contributed by atoms with Gasteiger partial charge in [0.2, 0.25) is 0 Å². The maximum Gasteiger partial charge on any atom is 0.167 e. The molecule has 28 heavy (non-hydrogen) atoms. The Morgan fingerprint density at radius 1 is 0.964 bits per heavy atom. The fourth-order valence-corrected chi connectivity index (χ4v) is 3.43. The predicted molar refractivity (Wildman–Crippen MR) is 102 cm³/mol. The monoisotopic (exact) mass is 395 g/mol. The molecule has 156 valence electrons. The van der Waals surface area contributed by atoms with Crippen LogP contribution in [0.2, 0.25) is 0 Å². The summed E-state index contributed by atoms with van der Waals surface area (Å²) in [5.41, 5.74) is 1.04. The van der Waals surface area contributed by atoms with Crippen LogP contribution in [0, 0.1) is 0 Å². The number of imidazole rings is 1. The average molecular weight is 395 g/mol. The van der Waals surface area contributed by atoms with Crippen molar-refractivity contribution in [3.8, 4) is 0 Å². The van der Waals surface area contributed by atoms with E-state index in [1.807, 2.05) is 0 Å². The van der Waals surface area contributed by atoms with E-state index in [9.17, 15) is 15.3 Å². The topological polar surface area (TPSA) is 146 Å². The fourth-order valence-electron chi connectivity index (χ4n) is 3.43. The van der Waals surface area contributed by atoms with Crippen LogP contribution < -0.4 is 5.32 Å². The summed E-state index contributed by atoms with van der Waals surface area (Å²) in [7, 11) is 0. The molecule has 0 saturated carbocycles. The van der Waals surface area contributed by atoms with Gasteiger partial charge in [0.1, 0.15) is 24.6 Å². The third kappa shape index (κ3) is 4.58. The molecular weight excluding hydrogens is 366 g/mol. The molecule has 0 aromatic carbocycles. The number of fused-ring (bicyclic) bond motifs is 1. The zero-order valence-electron chi connectivity index (χ0n) is 15.8. The molecule has 2 aromatic heterocycles. The smallest absolute Gasteiger partial charge is 0.167 e. The second-order valence-corrected chi connectivity index (χ2v) is 7.05. The van der Waals surface area contributed by atoms with E-state index in [1.54, 1.807) is 4.57 Å². The van der Waals surface area contributed by atoms with Gasteiger partial charge < -0.3 is 30.5 Å². The van der Waals surface area contributed by atoms with Crippen LogP contribution in [0.5, 0.6) is 0 Å². The minimum Gasteiger partial charge on any atom is -0.396 e. The summed E-state index contributed by atoms with van der Waals surface area (Å²) >= 11 is 0. The van der Waals surface area contributed by atoms with Gasteiger partial charge >= 0.3 is 0 Å². The number of hydrogen-bond acceptors (Lipinski definition) is 9. The minimum atomic E-state index is -1.19. The molecule has 1 aliphatic rings. The van der Waals surface area contributed by atoms with Crippen molar-refractivity contribution < 1.29 is 25.2 Å². The van der Waals surface area contributed by atoms with E-state index in [0.717, 1.165) is 45.1 Å². The van der Waals surface area contributed by atoms with Gasteiger partial charge in [-0.3, -0.25) is 4.57 Å². The molecule has 0 amide bonds. The van der Waals surface area contributed by atoms with Crippen LogP contribution in [0.25, 0.3) is 11.2 Å². The van der Waals surface area contributed by atoms with Crippen LogP contribution in [0.3, 0.4) is 0 Å². The first kappa shape index (κ1) is 20.9. The molecule has 0 spiro atoms. The molecule has 0 radical (unpaired) electrons. The SMILES string of the molecule is OCCCCCCCCNc1ncnc2c1ncn2C1OC(CO)C(O)C1O. The third-order valence-electron chi connectivity index (χ3n) is 5.03. The van der Waals surface area contributed by atoms with Gasteiger partial charge in [-0.15, -0.1) is 0 Å². The average Bonchev–Trinajstić information content (AvgIpc) is 3.26. The van der Waals surface area contributed by atoms with Gasteiger partial charge in [-0.05, 0) is 12.8 Å². The summed E-state index contributed by atoms with van der Waals surface area (Å²) in [6, 6.07) is 0. The molecule has 10 heteroatoms. The van der Waals surface area contributed by atoms with Crippen LogP contribution >= 0.6 is 0 Å². The lowest BCUT2D eigenvalue weighted by molar-refractivity contribution is -0.0511. The summed E-state index contributed by atoms with van der Waals surface area (Å²) in [5.74, 6) is 0.607. The van der Waals surface area contributed by atoms with Crippen LogP contribution in [0.4, 0.5) is 5.82 Å². The van der Waals surface area contributed by atoms with Gasteiger partial charge in [-0.25, -0.2) is 15.0 Å². The molecule has 1 saturated heterocycles. The normalized spacial score (nSPS) is 24.9. The van der Waals surface area contributed by atoms with E-state index >= 15 is 0 Å². The van der Waals surface area contributed by atoms with Gasteiger partial charge in [0.05, 0.1) is 12.9 Å². The van der Waals surface area contributed by atoms with Gasteiger partial charge in [-0.1, -0.05) is 25.7 Å². The lowest BCUT2D eigenvalue weighted by Crippen LogP contribution is -2.33. The molecule has 3 heterocycles. The van der Waals surface area contributed by atoms with Gasteiger partial charge in [0.25, 0.3) is 0 Å². The highest BCUT2D eigenvalue weighted by Gasteiger charge is 2.44. The number of aliphatic hydroxyl groups excluding tert-OH is 4. The highest BCUT2D eigenvalue weighted by molar-refractivity contribution is 5.82. The first-order chi connectivity index (χ1) is 13.7. The lowest BCUT2D eigenvalue weighted by atomic mass is 10.1. The molecule has 1 aliphatic heterocycles. The van der Waals surface area contributed by atoms with E-state index in [0.29, 0.717) is 17.0 Å². The summed E-state index contributed by atoms with van der Waals surface area (Å²) in [6.07, 6.45) is 5.12. The Balaban J connectivity index is 1.59. The molecule has 0 bridgehead atoms. The lowest BCUT2D eigenvalue weighted by Gasteiger charge is -2.16. The van der Waals surface area contributed by atoms with Crippen molar-refractivity contribution in [1.82, 2.24) is 19.5 Å². The van der Waals surface area contributed by atoms with Crippen LogP contribution in [0.15, 0.2) is 12.7 Å². The maximum atomic E-state index is 10.2. The zero-order chi connectivity index (χ0) is 19.9. The Morgan fingerprint density at radius 2 is 1.71 bits per heavy atom. The molecule has 0 aliphatic carbocycles. The number of anilines is 1. The number of hydrogen-bond donors (Lipinski definition) is 5. The highest BCUT2D eigenvalue weighted by Crippen LogP contribution is 2.32. The first-order valence-corrected chi connectivity index (χ1v) is 9.82. The van der Waals surface area contributed by atoms with Crippen molar-refractivity contribution in [3.63, 3.8) is 0 Å². The van der Waals surface area contributed by atoms with Gasteiger partial charge in [0.15, 0.2) is 23.2 Å². The van der Waals surface area contributed by atoms with E-state index in [-0.39, 0.29) is 13.2 Å². The molecule has 4 atom stereocenters. The Bertz CT molecular complexity index is 742. The Labute approximate surface area is 163 Å². The number of rotatable bonds is 11. The Morgan fingerprint density at radius 3 is 2.43 bits per heavy atom. The maximum absolute atomic E-state index is 10.2. The molecule has 5 N–H and O–H groups in total. The van der Waals surface area contributed by atoms with Crippen LogP contribution in [-0.2, 0) is 4.74 Å². The zero-order valence-corrected chi connectivity index (χ0v) is 15.8. The van der Waals surface area contributed by atoms with Gasteiger partial charge in [0, 0.05) is 13.2 Å². The quantitative estimate of drug-likeness (QED) is 0.336. The fraction of sp³-hybridized carbons (Fsp3) is 0.722. The molecule has 10 nitrogen and oxygen atoms in total. The van der Waals surface area contributed by atoms with Crippen molar-refractivity contribution in [3.05, 3.63) is 12.7 Å². The number of aromatic nitrogens is 4. The molecule has 4 unspecified atom stereocenters. The molecule has 2 aromatic rings. The summed E-state index contributed by atoms with van der Waals surface area (Å²) in [6.45, 7) is 0.635. The summed E-state index contributed by atoms with van der Waals surface area (Å²) in [4.78, 5) is 12.8. The van der Waals surface area contributed by atoms with E-state index < -0.39 is 24.5 Å². The van der Waals surface area contributed by atoms with Crippen LogP contribution in [0.1, 0.15) is 44.8 Å². The number of unbranched alkanes of at least 4 members (excludes halogenated alkanes) is 5. The van der Waals surface area contributed by atoms with Crippen molar-refractivity contribution in [2.45, 2.75) is 63.1 Å². The summed E-state index contributed by atoms with van der Waals surface area (Å²) < 4.78 is 7.11. The molecule has 3 rings (SSSR count). The van der Waals surface area contributed by atoms with E-state index in [2.05, 4.69) is 20.3 Å². The van der Waals surface area contributed by atoms with E-state index in [1.165, 1.54) is 12.7 Å². The Hall–Kier alpha value is -1.85. The first-order valence-electron chi connectivity index (χ1n) is 9.82. The van der Waals surface area contributed by atoms with Crippen molar-refractivity contribution in [1.29, 1.82) is 0 Å². The number of nitrogens with one attached hydrogen (secondary N) is 1. The minimum absolute atomic E-state index is 0.264. The second-order valence-electron chi connectivity index (χ2n) is 7.05. The van der Waals surface area contributed by atoms with Crippen LogP contribution in [-0.4, -0.2) is 78.0 Å². The highest BCUT2D eigenvalue weighted by atomic mass is 16.6. The van der Waals surface area contributed by atoms with Crippen molar-refractivity contribution in [2.24, 2.45) is 0 Å². The number of nitrogens with zero attached hydrogens (tertiary/aromatic N) is 4. The van der Waals surface area contributed by atoms with Gasteiger partial charge in [-0.2, -0.15) is 0 Å². The largest absolute Gasteiger partial charge is 0.396 e.